The van der Waals surface area contributed by atoms with Crippen LogP contribution >= 0.6 is 0 Å². The molecule has 1 aromatic carbocycles. The van der Waals surface area contributed by atoms with E-state index in [-0.39, 0.29) is 29.2 Å². The summed E-state index contributed by atoms with van der Waals surface area (Å²) in [5, 5.41) is 11.1. The van der Waals surface area contributed by atoms with Crippen LogP contribution < -0.4 is 5.32 Å². The lowest BCUT2D eigenvalue weighted by Crippen LogP contribution is -2.25. The van der Waals surface area contributed by atoms with E-state index in [0.717, 1.165) is 0 Å². The van der Waals surface area contributed by atoms with Gasteiger partial charge in [0.1, 0.15) is 0 Å². The highest BCUT2D eigenvalue weighted by atomic mass is 32.2. The average molecular weight is 313 g/mol. The van der Waals surface area contributed by atoms with Crippen molar-refractivity contribution in [3.8, 4) is 0 Å². The molecule has 7 heteroatoms. The molecule has 6 nitrogen and oxygen atoms in total. The number of benzene rings is 1. The van der Waals surface area contributed by atoms with Gasteiger partial charge in [-0.15, -0.1) is 0 Å². The van der Waals surface area contributed by atoms with Crippen molar-refractivity contribution in [2.75, 3.05) is 12.3 Å². The van der Waals surface area contributed by atoms with Crippen LogP contribution in [0.3, 0.4) is 0 Å². The maximum Gasteiger partial charge on any atom is 0.303 e. The number of carbonyl (C=O) groups excluding carboxylic acids is 1. The first-order valence-corrected chi connectivity index (χ1v) is 8.35. The molecule has 1 amide bonds. The van der Waals surface area contributed by atoms with Gasteiger partial charge in [0.2, 0.25) is 0 Å². The molecule has 0 bridgehead atoms. The molecule has 2 N–H and O–H groups in total. The summed E-state index contributed by atoms with van der Waals surface area (Å²) >= 11 is 0. The van der Waals surface area contributed by atoms with E-state index in [4.69, 9.17) is 5.11 Å². The van der Waals surface area contributed by atoms with E-state index in [0.29, 0.717) is 12.8 Å². The Morgan fingerprint density at radius 1 is 1.29 bits per heavy atom. The molecule has 0 aromatic heterocycles. The number of rotatable bonds is 8. The second-order valence-corrected chi connectivity index (χ2v) is 6.71. The van der Waals surface area contributed by atoms with Crippen molar-refractivity contribution in [1.82, 2.24) is 5.32 Å². The normalized spacial score (nSPS) is 11.1. The fourth-order valence-electron chi connectivity index (χ4n) is 1.76. The SMILES string of the molecule is CCCS(=O)(=O)c1cccc(C(=O)NCCCC(=O)O)c1. The van der Waals surface area contributed by atoms with Gasteiger partial charge in [-0.25, -0.2) is 8.42 Å². The molecule has 0 heterocycles. The number of sulfone groups is 1. The average Bonchev–Trinajstić information content (AvgIpc) is 2.43. The molecule has 0 fully saturated rings. The molecule has 1 rings (SSSR count). The second-order valence-electron chi connectivity index (χ2n) is 4.60. The first kappa shape index (κ1) is 17.2. The lowest BCUT2D eigenvalue weighted by molar-refractivity contribution is -0.137. The Bertz CT molecular complexity index is 610. The Morgan fingerprint density at radius 2 is 2.00 bits per heavy atom. The van der Waals surface area contributed by atoms with Crippen molar-refractivity contribution >= 4 is 21.7 Å². The molecule has 0 saturated carbocycles. The topological polar surface area (TPSA) is 101 Å². The first-order valence-electron chi connectivity index (χ1n) is 6.69. The summed E-state index contributed by atoms with van der Waals surface area (Å²) < 4.78 is 23.9. The minimum atomic E-state index is -3.36. The third-order valence-electron chi connectivity index (χ3n) is 2.78. The van der Waals surface area contributed by atoms with E-state index in [1.54, 1.807) is 6.92 Å². The monoisotopic (exact) mass is 313 g/mol. The van der Waals surface area contributed by atoms with Gasteiger partial charge in [0.25, 0.3) is 5.91 Å². The van der Waals surface area contributed by atoms with Gasteiger partial charge in [-0.1, -0.05) is 13.0 Å². The summed E-state index contributed by atoms with van der Waals surface area (Å²) in [7, 11) is -3.36. The molecule has 0 radical (unpaired) electrons. The Labute approximate surface area is 124 Å². The molecule has 116 valence electrons. The summed E-state index contributed by atoms with van der Waals surface area (Å²) in [5.74, 6) is -1.29. The molecular formula is C14H19NO5S. The molecule has 1 aromatic rings. The fraction of sp³-hybridized carbons (Fsp3) is 0.429. The first-order chi connectivity index (χ1) is 9.86. The molecular weight excluding hydrogens is 294 g/mol. The van der Waals surface area contributed by atoms with Crippen molar-refractivity contribution in [2.24, 2.45) is 0 Å². The third-order valence-corrected chi connectivity index (χ3v) is 4.70. The fourth-order valence-corrected chi connectivity index (χ4v) is 3.13. The number of carboxylic acid groups (broad SMARTS) is 1. The zero-order chi connectivity index (χ0) is 15.9. The van der Waals surface area contributed by atoms with Gasteiger partial charge < -0.3 is 10.4 Å². The van der Waals surface area contributed by atoms with Gasteiger partial charge in [-0.05, 0) is 31.0 Å². The van der Waals surface area contributed by atoms with Crippen LogP contribution in [0.1, 0.15) is 36.5 Å². The van der Waals surface area contributed by atoms with Gasteiger partial charge in [0.15, 0.2) is 9.84 Å². The van der Waals surface area contributed by atoms with Gasteiger partial charge in [0, 0.05) is 18.5 Å². The summed E-state index contributed by atoms with van der Waals surface area (Å²) in [6.07, 6.45) is 0.814. The highest BCUT2D eigenvalue weighted by molar-refractivity contribution is 7.91. The number of nitrogens with one attached hydrogen (secondary N) is 1. The zero-order valence-electron chi connectivity index (χ0n) is 11.8. The van der Waals surface area contributed by atoms with Crippen molar-refractivity contribution in [1.29, 1.82) is 0 Å². The van der Waals surface area contributed by atoms with Gasteiger partial charge in [-0.2, -0.15) is 0 Å². The second kappa shape index (κ2) is 7.78. The summed E-state index contributed by atoms with van der Waals surface area (Å²) in [6, 6.07) is 5.86. The maximum atomic E-state index is 11.9. The van der Waals surface area contributed by atoms with E-state index in [1.807, 2.05) is 0 Å². The molecule has 0 aliphatic heterocycles. The van der Waals surface area contributed by atoms with Crippen LogP contribution in [-0.4, -0.2) is 37.7 Å². The lowest BCUT2D eigenvalue weighted by Gasteiger charge is -2.07. The van der Waals surface area contributed by atoms with Crippen LogP contribution in [0.25, 0.3) is 0 Å². The number of carboxylic acids is 1. The molecule has 0 aliphatic carbocycles. The predicted octanol–water partition coefficient (Wildman–Crippen LogP) is 1.46. The van der Waals surface area contributed by atoms with Crippen LogP contribution in [0.2, 0.25) is 0 Å². The van der Waals surface area contributed by atoms with E-state index < -0.39 is 21.7 Å². The van der Waals surface area contributed by atoms with Crippen LogP contribution in [0, 0.1) is 0 Å². The van der Waals surface area contributed by atoms with Gasteiger partial charge in [0.05, 0.1) is 10.6 Å². The van der Waals surface area contributed by atoms with Crippen molar-refractivity contribution in [2.45, 2.75) is 31.1 Å². The van der Waals surface area contributed by atoms with Crippen LogP contribution in [-0.2, 0) is 14.6 Å². The smallest absolute Gasteiger partial charge is 0.303 e. The molecule has 0 spiro atoms. The highest BCUT2D eigenvalue weighted by Crippen LogP contribution is 2.14. The quantitative estimate of drug-likeness (QED) is 0.708. The third kappa shape index (κ3) is 5.55. The van der Waals surface area contributed by atoms with E-state index >= 15 is 0 Å². The number of amides is 1. The minimum Gasteiger partial charge on any atom is -0.481 e. The highest BCUT2D eigenvalue weighted by Gasteiger charge is 2.15. The van der Waals surface area contributed by atoms with Gasteiger partial charge >= 0.3 is 5.97 Å². The molecule has 0 atom stereocenters. The van der Waals surface area contributed by atoms with Crippen LogP contribution in [0.4, 0.5) is 0 Å². The number of aliphatic carboxylic acids is 1. The molecule has 0 aliphatic rings. The lowest BCUT2D eigenvalue weighted by atomic mass is 10.2. The Kier molecular flexibility index (Phi) is 6.36. The van der Waals surface area contributed by atoms with Crippen molar-refractivity contribution in [3.63, 3.8) is 0 Å². The zero-order valence-corrected chi connectivity index (χ0v) is 12.6. The number of hydrogen-bond donors (Lipinski definition) is 2. The molecule has 21 heavy (non-hydrogen) atoms. The van der Waals surface area contributed by atoms with Crippen molar-refractivity contribution < 1.29 is 23.1 Å². The summed E-state index contributed by atoms with van der Waals surface area (Å²) in [6.45, 7) is 2.01. The molecule has 0 unspecified atom stereocenters. The van der Waals surface area contributed by atoms with E-state index in [9.17, 15) is 18.0 Å². The summed E-state index contributed by atoms with van der Waals surface area (Å²) in [4.78, 5) is 22.4. The van der Waals surface area contributed by atoms with E-state index in [1.165, 1.54) is 24.3 Å². The standard InChI is InChI=1S/C14H19NO5S/c1-2-9-21(19,20)12-6-3-5-11(10-12)14(18)15-8-4-7-13(16)17/h3,5-6,10H,2,4,7-9H2,1H3,(H,15,18)(H,16,17). The predicted molar refractivity (Wildman–Crippen MR) is 78.0 cm³/mol. The Morgan fingerprint density at radius 3 is 2.62 bits per heavy atom. The Balaban J connectivity index is 2.72. The largest absolute Gasteiger partial charge is 0.481 e. The van der Waals surface area contributed by atoms with Crippen LogP contribution in [0.5, 0.6) is 0 Å². The number of carbonyl (C=O) groups is 2. The maximum absolute atomic E-state index is 11.9. The Hall–Kier alpha value is -1.89. The van der Waals surface area contributed by atoms with Crippen LogP contribution in [0.15, 0.2) is 29.2 Å². The number of hydrogen-bond acceptors (Lipinski definition) is 4. The summed E-state index contributed by atoms with van der Waals surface area (Å²) in [5.41, 5.74) is 0.252. The minimum absolute atomic E-state index is 0.0226. The van der Waals surface area contributed by atoms with E-state index in [2.05, 4.69) is 5.32 Å². The molecule has 0 saturated heterocycles. The van der Waals surface area contributed by atoms with Gasteiger partial charge in [-0.3, -0.25) is 9.59 Å². The van der Waals surface area contributed by atoms with Crippen molar-refractivity contribution in [3.05, 3.63) is 29.8 Å².